The van der Waals surface area contributed by atoms with Crippen LogP contribution in [0.5, 0.6) is 0 Å². The van der Waals surface area contributed by atoms with Crippen LogP contribution >= 0.6 is 31.9 Å². The van der Waals surface area contributed by atoms with E-state index in [0.29, 0.717) is 22.6 Å². The van der Waals surface area contributed by atoms with E-state index in [0.717, 1.165) is 18.2 Å². The van der Waals surface area contributed by atoms with Gasteiger partial charge in [0.15, 0.2) is 0 Å². The SMILES string of the molecule is O=C(c1ccc(F)c(Br)c1)N(CCBr)C1CCC1. The summed E-state index contributed by atoms with van der Waals surface area (Å²) < 4.78 is 13.5. The fraction of sp³-hybridized carbons (Fsp3) is 0.462. The molecule has 0 radical (unpaired) electrons. The highest BCUT2D eigenvalue weighted by Crippen LogP contribution is 2.27. The van der Waals surface area contributed by atoms with E-state index in [1.54, 1.807) is 12.1 Å². The van der Waals surface area contributed by atoms with Gasteiger partial charge in [-0.15, -0.1) is 0 Å². The van der Waals surface area contributed by atoms with Gasteiger partial charge in [-0.1, -0.05) is 15.9 Å². The zero-order chi connectivity index (χ0) is 13.1. The molecule has 2 nitrogen and oxygen atoms in total. The minimum atomic E-state index is -0.345. The summed E-state index contributed by atoms with van der Waals surface area (Å²) in [5, 5.41) is 0.762. The molecule has 2 rings (SSSR count). The van der Waals surface area contributed by atoms with Gasteiger partial charge in [-0.05, 0) is 53.4 Å². The zero-order valence-electron chi connectivity index (χ0n) is 9.83. The molecule has 0 N–H and O–H groups in total. The number of nitrogens with zero attached hydrogens (tertiary/aromatic N) is 1. The molecular formula is C13H14Br2FNO. The van der Waals surface area contributed by atoms with Gasteiger partial charge < -0.3 is 4.90 Å². The van der Waals surface area contributed by atoms with Crippen molar-refractivity contribution >= 4 is 37.8 Å². The topological polar surface area (TPSA) is 20.3 Å². The van der Waals surface area contributed by atoms with Gasteiger partial charge in [0, 0.05) is 23.5 Å². The Morgan fingerprint density at radius 2 is 2.17 bits per heavy atom. The molecule has 0 atom stereocenters. The Morgan fingerprint density at radius 3 is 2.67 bits per heavy atom. The Labute approximate surface area is 123 Å². The maximum Gasteiger partial charge on any atom is 0.254 e. The minimum absolute atomic E-state index is 0.0140. The molecule has 0 spiro atoms. The van der Waals surface area contributed by atoms with Crippen molar-refractivity contribution in [1.29, 1.82) is 0 Å². The van der Waals surface area contributed by atoms with Crippen LogP contribution in [0.15, 0.2) is 22.7 Å². The van der Waals surface area contributed by atoms with Crippen LogP contribution in [-0.4, -0.2) is 28.7 Å². The lowest BCUT2D eigenvalue weighted by Gasteiger charge is -2.37. The van der Waals surface area contributed by atoms with Crippen molar-refractivity contribution in [2.24, 2.45) is 0 Å². The van der Waals surface area contributed by atoms with Crippen molar-refractivity contribution in [3.63, 3.8) is 0 Å². The fourth-order valence-electron chi connectivity index (χ4n) is 2.03. The second-order valence-electron chi connectivity index (χ2n) is 4.40. The van der Waals surface area contributed by atoms with Crippen LogP contribution in [0.1, 0.15) is 29.6 Å². The zero-order valence-corrected chi connectivity index (χ0v) is 13.0. The fourth-order valence-corrected chi connectivity index (χ4v) is 2.80. The van der Waals surface area contributed by atoms with Crippen molar-refractivity contribution in [2.45, 2.75) is 25.3 Å². The van der Waals surface area contributed by atoms with Gasteiger partial charge in [0.1, 0.15) is 5.82 Å². The van der Waals surface area contributed by atoms with E-state index in [1.165, 1.54) is 12.5 Å². The van der Waals surface area contributed by atoms with E-state index in [2.05, 4.69) is 31.9 Å². The van der Waals surface area contributed by atoms with Crippen LogP contribution < -0.4 is 0 Å². The monoisotopic (exact) mass is 377 g/mol. The van der Waals surface area contributed by atoms with Gasteiger partial charge in [0.05, 0.1) is 4.47 Å². The van der Waals surface area contributed by atoms with Crippen molar-refractivity contribution in [3.05, 3.63) is 34.1 Å². The molecule has 1 fully saturated rings. The lowest BCUT2D eigenvalue weighted by Crippen LogP contribution is -2.45. The van der Waals surface area contributed by atoms with Gasteiger partial charge >= 0.3 is 0 Å². The van der Waals surface area contributed by atoms with E-state index < -0.39 is 0 Å². The van der Waals surface area contributed by atoms with E-state index >= 15 is 0 Å². The summed E-state index contributed by atoms with van der Waals surface area (Å²) >= 11 is 6.49. The first-order valence-electron chi connectivity index (χ1n) is 5.95. The highest BCUT2D eigenvalue weighted by atomic mass is 79.9. The molecule has 1 aromatic rings. The van der Waals surface area contributed by atoms with Crippen LogP contribution in [0.25, 0.3) is 0 Å². The highest BCUT2D eigenvalue weighted by Gasteiger charge is 2.29. The lowest BCUT2D eigenvalue weighted by molar-refractivity contribution is 0.0599. The smallest absolute Gasteiger partial charge is 0.254 e. The minimum Gasteiger partial charge on any atom is -0.335 e. The van der Waals surface area contributed by atoms with Gasteiger partial charge in [0.25, 0.3) is 5.91 Å². The average molecular weight is 379 g/mol. The molecule has 0 aromatic heterocycles. The Hall–Kier alpha value is -0.420. The molecule has 1 aliphatic rings. The molecule has 5 heteroatoms. The Bertz CT molecular complexity index is 449. The number of benzene rings is 1. The number of carbonyl (C=O) groups excluding carboxylic acids is 1. The van der Waals surface area contributed by atoms with Crippen molar-refractivity contribution in [3.8, 4) is 0 Å². The number of amides is 1. The molecule has 0 aliphatic heterocycles. The third kappa shape index (κ3) is 2.94. The van der Waals surface area contributed by atoms with Crippen molar-refractivity contribution in [2.75, 3.05) is 11.9 Å². The molecule has 98 valence electrons. The van der Waals surface area contributed by atoms with Gasteiger partial charge in [-0.25, -0.2) is 4.39 Å². The first kappa shape index (κ1) is 14.0. The summed E-state index contributed by atoms with van der Waals surface area (Å²) in [6.45, 7) is 0.693. The summed E-state index contributed by atoms with van der Waals surface area (Å²) in [7, 11) is 0. The number of hydrogen-bond acceptors (Lipinski definition) is 1. The Kier molecular flexibility index (Phi) is 4.78. The second-order valence-corrected chi connectivity index (χ2v) is 6.05. The summed E-state index contributed by atoms with van der Waals surface area (Å²) in [6, 6.07) is 4.77. The van der Waals surface area contributed by atoms with Crippen LogP contribution in [0.3, 0.4) is 0 Å². The standard InChI is InChI=1S/C13H14Br2FNO/c14-6-7-17(10-2-1-3-10)13(18)9-4-5-12(16)11(15)8-9/h4-5,8,10H,1-3,6-7H2. The summed E-state index contributed by atoms with van der Waals surface area (Å²) in [5.74, 6) is -0.359. The van der Waals surface area contributed by atoms with E-state index in [9.17, 15) is 9.18 Å². The molecule has 18 heavy (non-hydrogen) atoms. The van der Waals surface area contributed by atoms with E-state index in [-0.39, 0.29) is 11.7 Å². The quantitative estimate of drug-likeness (QED) is 0.725. The molecular weight excluding hydrogens is 365 g/mol. The number of halogens is 3. The Balaban J connectivity index is 2.18. The van der Waals surface area contributed by atoms with Crippen LogP contribution in [0.4, 0.5) is 4.39 Å². The first-order chi connectivity index (χ1) is 8.63. The molecule has 1 aromatic carbocycles. The van der Waals surface area contributed by atoms with Crippen molar-refractivity contribution in [1.82, 2.24) is 4.90 Å². The van der Waals surface area contributed by atoms with Crippen molar-refractivity contribution < 1.29 is 9.18 Å². The molecule has 1 aliphatic carbocycles. The molecule has 0 heterocycles. The number of alkyl halides is 1. The molecule has 1 amide bonds. The number of carbonyl (C=O) groups is 1. The maximum atomic E-state index is 13.2. The first-order valence-corrected chi connectivity index (χ1v) is 7.87. The highest BCUT2D eigenvalue weighted by molar-refractivity contribution is 9.10. The molecule has 0 bridgehead atoms. The lowest BCUT2D eigenvalue weighted by atomic mass is 9.91. The maximum absolute atomic E-state index is 13.2. The molecule has 0 saturated heterocycles. The number of hydrogen-bond donors (Lipinski definition) is 0. The summed E-state index contributed by atoms with van der Waals surface area (Å²) in [6.07, 6.45) is 3.33. The van der Waals surface area contributed by atoms with Crippen LogP contribution in [0, 0.1) is 5.82 Å². The summed E-state index contributed by atoms with van der Waals surface area (Å²) in [5.41, 5.74) is 0.538. The molecule has 0 unspecified atom stereocenters. The third-order valence-electron chi connectivity index (χ3n) is 3.27. The average Bonchev–Trinajstić information content (AvgIpc) is 2.29. The second kappa shape index (κ2) is 6.15. The van der Waals surface area contributed by atoms with Crippen LogP contribution in [0.2, 0.25) is 0 Å². The van der Waals surface area contributed by atoms with E-state index in [4.69, 9.17) is 0 Å². The summed E-state index contributed by atoms with van der Waals surface area (Å²) in [4.78, 5) is 14.3. The van der Waals surface area contributed by atoms with Crippen LogP contribution in [-0.2, 0) is 0 Å². The van der Waals surface area contributed by atoms with Gasteiger partial charge in [-0.3, -0.25) is 4.79 Å². The van der Waals surface area contributed by atoms with Gasteiger partial charge in [0.2, 0.25) is 0 Å². The largest absolute Gasteiger partial charge is 0.335 e. The molecule has 1 saturated carbocycles. The predicted molar refractivity (Wildman–Crippen MR) is 76.6 cm³/mol. The number of rotatable bonds is 4. The third-order valence-corrected chi connectivity index (χ3v) is 4.23. The normalized spacial score (nSPS) is 15.3. The van der Waals surface area contributed by atoms with E-state index in [1.807, 2.05) is 4.90 Å². The Morgan fingerprint density at radius 1 is 1.44 bits per heavy atom. The predicted octanol–water partition coefficient (Wildman–Crippen LogP) is 3.98. The van der Waals surface area contributed by atoms with Gasteiger partial charge in [-0.2, -0.15) is 0 Å².